The van der Waals surface area contributed by atoms with Crippen LogP contribution in [0.1, 0.15) is 53.1 Å². The van der Waals surface area contributed by atoms with Gasteiger partial charge in [0.1, 0.15) is 12.4 Å². The van der Waals surface area contributed by atoms with Crippen LogP contribution in [-0.4, -0.2) is 21.0 Å². The van der Waals surface area contributed by atoms with Crippen molar-refractivity contribution >= 4 is 16.7 Å². The van der Waals surface area contributed by atoms with E-state index >= 15 is 0 Å². The molecule has 1 fully saturated rings. The maximum absolute atomic E-state index is 12.9. The monoisotopic (exact) mass is 454 g/mol. The number of benzene rings is 3. The number of nitrogens with one attached hydrogen (secondary N) is 1. The lowest BCUT2D eigenvalue weighted by atomic mass is 9.74. The summed E-state index contributed by atoms with van der Waals surface area (Å²) in [7, 11) is 0. The smallest absolute Gasteiger partial charge is 0.358 e. The molecule has 0 saturated heterocycles. The number of ether oxygens (including phenoxy) is 1. The van der Waals surface area contributed by atoms with Crippen molar-refractivity contribution in [3.8, 4) is 5.75 Å². The molecule has 0 aliphatic heterocycles. The third-order valence-corrected chi connectivity index (χ3v) is 6.78. The van der Waals surface area contributed by atoms with Crippen molar-refractivity contribution in [2.75, 3.05) is 0 Å². The van der Waals surface area contributed by atoms with E-state index in [0.29, 0.717) is 12.2 Å². The van der Waals surface area contributed by atoms with Crippen LogP contribution in [0.15, 0.2) is 77.6 Å². The second-order valence-electron chi connectivity index (χ2n) is 8.96. The van der Waals surface area contributed by atoms with E-state index in [1.165, 1.54) is 16.3 Å². The Morgan fingerprint density at radius 1 is 0.971 bits per heavy atom. The van der Waals surface area contributed by atoms with Gasteiger partial charge < -0.3 is 14.8 Å². The van der Waals surface area contributed by atoms with Gasteiger partial charge in [-0.25, -0.2) is 9.78 Å². The number of hydrogen-bond acceptors (Lipinski definition) is 4. The van der Waals surface area contributed by atoms with E-state index in [4.69, 9.17) is 4.74 Å². The Balaban J connectivity index is 1.51. The SMILES string of the molecule is O=C(O)c1nc(CC2(c3cccc4ccccc34)CCCC2)[nH]c(=O)c1OCc1ccccc1. The number of rotatable bonds is 7. The number of nitrogens with zero attached hydrogens (tertiary/aromatic N) is 1. The molecule has 1 heterocycles. The van der Waals surface area contributed by atoms with Gasteiger partial charge in [-0.1, -0.05) is 85.6 Å². The summed E-state index contributed by atoms with van der Waals surface area (Å²) in [6, 6.07) is 23.9. The van der Waals surface area contributed by atoms with Gasteiger partial charge in [-0.3, -0.25) is 4.79 Å². The van der Waals surface area contributed by atoms with Gasteiger partial charge in [0.05, 0.1) is 0 Å². The fourth-order valence-electron chi connectivity index (χ4n) is 5.20. The first-order valence-electron chi connectivity index (χ1n) is 11.6. The minimum absolute atomic E-state index is 0.0885. The molecular formula is C28H26N2O4. The molecule has 6 nitrogen and oxygen atoms in total. The highest BCUT2D eigenvalue weighted by atomic mass is 16.5. The van der Waals surface area contributed by atoms with E-state index in [9.17, 15) is 14.7 Å². The Kier molecular flexibility index (Phi) is 5.88. The molecule has 0 atom stereocenters. The highest BCUT2D eigenvalue weighted by Crippen LogP contribution is 2.45. The van der Waals surface area contributed by atoms with E-state index in [-0.39, 0.29) is 23.5 Å². The molecule has 5 rings (SSSR count). The Morgan fingerprint density at radius 3 is 2.44 bits per heavy atom. The number of carbonyl (C=O) groups is 1. The average Bonchev–Trinajstić information content (AvgIpc) is 3.32. The molecule has 1 saturated carbocycles. The summed E-state index contributed by atoms with van der Waals surface area (Å²) in [6.45, 7) is 0.0885. The van der Waals surface area contributed by atoms with Crippen LogP contribution in [0, 0.1) is 0 Å². The molecule has 0 radical (unpaired) electrons. The van der Waals surface area contributed by atoms with Gasteiger partial charge in [-0.2, -0.15) is 0 Å². The number of fused-ring (bicyclic) bond motifs is 1. The van der Waals surface area contributed by atoms with Gasteiger partial charge >= 0.3 is 5.97 Å². The van der Waals surface area contributed by atoms with Gasteiger partial charge in [-0.05, 0) is 34.7 Å². The van der Waals surface area contributed by atoms with Crippen molar-refractivity contribution < 1.29 is 14.6 Å². The van der Waals surface area contributed by atoms with Crippen LogP contribution in [-0.2, 0) is 18.4 Å². The summed E-state index contributed by atoms with van der Waals surface area (Å²) in [5.41, 5.74) is 0.944. The fraction of sp³-hybridized carbons (Fsp3) is 0.250. The van der Waals surface area contributed by atoms with Gasteiger partial charge in [0.15, 0.2) is 5.69 Å². The number of carboxylic acids is 1. The quantitative estimate of drug-likeness (QED) is 0.398. The lowest BCUT2D eigenvalue weighted by molar-refractivity contribution is 0.0683. The Labute approximate surface area is 197 Å². The van der Waals surface area contributed by atoms with Crippen molar-refractivity contribution in [1.29, 1.82) is 0 Å². The topological polar surface area (TPSA) is 92.3 Å². The largest absolute Gasteiger partial charge is 0.481 e. The minimum Gasteiger partial charge on any atom is -0.481 e. The van der Waals surface area contributed by atoms with E-state index < -0.39 is 11.5 Å². The number of H-pyrrole nitrogens is 1. The average molecular weight is 455 g/mol. The predicted octanol–water partition coefficient (Wildman–Crippen LogP) is 5.25. The summed E-state index contributed by atoms with van der Waals surface area (Å²) in [6.07, 6.45) is 4.54. The molecule has 0 amide bonds. The second-order valence-corrected chi connectivity index (χ2v) is 8.96. The molecule has 1 aliphatic rings. The summed E-state index contributed by atoms with van der Waals surface area (Å²) in [4.78, 5) is 32.1. The second kappa shape index (κ2) is 9.14. The summed E-state index contributed by atoms with van der Waals surface area (Å²) >= 11 is 0. The first-order chi connectivity index (χ1) is 16.6. The van der Waals surface area contributed by atoms with E-state index in [2.05, 4.69) is 40.3 Å². The van der Waals surface area contributed by atoms with Crippen LogP contribution in [0.25, 0.3) is 10.8 Å². The van der Waals surface area contributed by atoms with Crippen LogP contribution in [0.5, 0.6) is 5.75 Å². The van der Waals surface area contributed by atoms with E-state index in [1.54, 1.807) is 0 Å². The molecular weight excluding hydrogens is 428 g/mol. The Hall–Kier alpha value is -3.93. The number of aromatic nitrogens is 2. The number of hydrogen-bond donors (Lipinski definition) is 2. The third-order valence-electron chi connectivity index (χ3n) is 6.78. The molecule has 6 heteroatoms. The highest BCUT2D eigenvalue weighted by Gasteiger charge is 2.38. The van der Waals surface area contributed by atoms with E-state index in [0.717, 1.165) is 31.2 Å². The predicted molar refractivity (Wildman–Crippen MR) is 130 cm³/mol. The van der Waals surface area contributed by atoms with E-state index in [1.807, 2.05) is 42.5 Å². The molecule has 3 aromatic carbocycles. The minimum atomic E-state index is -1.28. The maximum atomic E-state index is 12.9. The zero-order valence-electron chi connectivity index (χ0n) is 18.8. The summed E-state index contributed by atoms with van der Waals surface area (Å²) in [5.74, 6) is -1.16. The van der Waals surface area contributed by atoms with Crippen LogP contribution < -0.4 is 10.3 Å². The van der Waals surface area contributed by atoms with Crippen LogP contribution in [0.3, 0.4) is 0 Å². The Bertz CT molecular complexity index is 1380. The zero-order valence-corrected chi connectivity index (χ0v) is 18.8. The van der Waals surface area contributed by atoms with Gasteiger partial charge in [-0.15, -0.1) is 0 Å². The van der Waals surface area contributed by atoms with Crippen LogP contribution in [0.2, 0.25) is 0 Å². The van der Waals surface area contributed by atoms with Crippen LogP contribution >= 0.6 is 0 Å². The normalized spacial score (nSPS) is 14.8. The molecule has 1 aliphatic carbocycles. The molecule has 0 spiro atoms. The first-order valence-corrected chi connectivity index (χ1v) is 11.6. The van der Waals surface area contributed by atoms with Crippen molar-refractivity contribution in [3.63, 3.8) is 0 Å². The van der Waals surface area contributed by atoms with Gasteiger partial charge in [0, 0.05) is 11.8 Å². The fourth-order valence-corrected chi connectivity index (χ4v) is 5.20. The molecule has 172 valence electrons. The first kappa shape index (κ1) is 21.9. The number of carboxylic acid groups (broad SMARTS) is 1. The van der Waals surface area contributed by atoms with Crippen molar-refractivity contribution in [2.45, 2.75) is 44.1 Å². The molecule has 0 bridgehead atoms. The molecule has 1 aromatic heterocycles. The lowest BCUT2D eigenvalue weighted by Crippen LogP contribution is -2.29. The molecule has 4 aromatic rings. The lowest BCUT2D eigenvalue weighted by Gasteiger charge is -2.30. The molecule has 2 N–H and O–H groups in total. The molecule has 0 unspecified atom stereocenters. The number of aromatic carboxylic acids is 1. The van der Waals surface area contributed by atoms with Gasteiger partial charge in [0.2, 0.25) is 5.75 Å². The third kappa shape index (κ3) is 4.19. The highest BCUT2D eigenvalue weighted by molar-refractivity contribution is 5.88. The summed E-state index contributed by atoms with van der Waals surface area (Å²) < 4.78 is 5.62. The van der Waals surface area contributed by atoms with Crippen LogP contribution in [0.4, 0.5) is 0 Å². The maximum Gasteiger partial charge on any atom is 0.358 e. The van der Waals surface area contributed by atoms with Crippen molar-refractivity contribution in [2.24, 2.45) is 0 Å². The summed E-state index contributed by atoms with van der Waals surface area (Å²) in [5, 5.41) is 12.2. The van der Waals surface area contributed by atoms with Crippen molar-refractivity contribution in [3.05, 3.63) is 106 Å². The standard InChI is InChI=1S/C28H26N2O4/c31-26-25(34-18-19-9-2-1-3-10-19)24(27(32)33)29-23(30-26)17-28(15-6-7-16-28)22-14-8-12-20-11-4-5-13-21(20)22/h1-5,8-14H,6-7,15-18H2,(H,32,33)(H,29,30,31). The number of aromatic amines is 1. The molecule has 34 heavy (non-hydrogen) atoms. The zero-order chi connectivity index (χ0) is 23.5. The van der Waals surface area contributed by atoms with Crippen molar-refractivity contribution in [1.82, 2.24) is 9.97 Å². The Morgan fingerprint density at radius 2 is 1.68 bits per heavy atom. The van der Waals surface area contributed by atoms with Gasteiger partial charge in [0.25, 0.3) is 5.56 Å².